The van der Waals surface area contributed by atoms with Gasteiger partial charge in [0.1, 0.15) is 0 Å². The van der Waals surface area contributed by atoms with Gasteiger partial charge in [-0.25, -0.2) is 4.98 Å². The molecule has 3 rings (SSSR count). The van der Waals surface area contributed by atoms with Gasteiger partial charge in [-0.15, -0.1) is 0 Å². The maximum absolute atomic E-state index is 4.52. The molecule has 0 saturated heterocycles. The minimum atomic E-state index is 0.202. The maximum atomic E-state index is 4.52. The van der Waals surface area contributed by atoms with Crippen LogP contribution in [0.25, 0.3) is 0 Å². The Morgan fingerprint density at radius 3 is 3.29 bits per heavy atom. The molecule has 1 saturated carbocycles. The van der Waals surface area contributed by atoms with Crippen molar-refractivity contribution >= 4 is 0 Å². The van der Waals surface area contributed by atoms with Crippen molar-refractivity contribution in [3.8, 4) is 0 Å². The molecule has 0 aromatic carbocycles. The van der Waals surface area contributed by atoms with Crippen LogP contribution < -0.4 is 5.32 Å². The predicted molar refractivity (Wildman–Crippen MR) is 55.0 cm³/mol. The quantitative estimate of drug-likeness (QED) is 0.653. The molecule has 1 aliphatic carbocycles. The summed E-state index contributed by atoms with van der Waals surface area (Å²) < 4.78 is 0. The monoisotopic (exact) mass is 191 g/mol. The Balaban J connectivity index is 2.10. The van der Waals surface area contributed by atoms with Crippen LogP contribution in [0.15, 0.2) is 6.33 Å². The molecule has 1 aromatic heterocycles. The third-order valence-corrected chi connectivity index (χ3v) is 4.01. The highest BCUT2D eigenvalue weighted by Crippen LogP contribution is 2.44. The van der Waals surface area contributed by atoms with Gasteiger partial charge in [-0.2, -0.15) is 0 Å². The zero-order valence-electron chi connectivity index (χ0n) is 8.64. The molecule has 1 fully saturated rings. The summed E-state index contributed by atoms with van der Waals surface area (Å²) in [4.78, 5) is 7.80. The standard InChI is InChI=1S/C11H17N3/c1-8-3-2-5-11(8)10-9(4-6-14-11)12-7-13-10/h7-8,14H,2-6H2,1H3,(H,12,13)/t8-,11+/m0/s1. The summed E-state index contributed by atoms with van der Waals surface area (Å²) in [7, 11) is 0. The number of nitrogens with one attached hydrogen (secondary N) is 2. The van der Waals surface area contributed by atoms with Crippen LogP contribution in [-0.2, 0) is 12.0 Å². The van der Waals surface area contributed by atoms with Crippen LogP contribution in [0.5, 0.6) is 0 Å². The van der Waals surface area contributed by atoms with E-state index < -0.39 is 0 Å². The Kier molecular flexibility index (Phi) is 1.71. The normalized spacial score (nSPS) is 36.2. The van der Waals surface area contributed by atoms with E-state index in [0.717, 1.165) is 18.9 Å². The van der Waals surface area contributed by atoms with E-state index in [2.05, 4.69) is 22.2 Å². The lowest BCUT2D eigenvalue weighted by atomic mass is 9.81. The zero-order valence-corrected chi connectivity index (χ0v) is 8.64. The molecule has 76 valence electrons. The minimum absolute atomic E-state index is 0.202. The molecule has 0 bridgehead atoms. The van der Waals surface area contributed by atoms with Crippen molar-refractivity contribution in [2.45, 2.75) is 38.1 Å². The highest BCUT2D eigenvalue weighted by atomic mass is 15.1. The fourth-order valence-electron chi connectivity index (χ4n) is 3.18. The van der Waals surface area contributed by atoms with Crippen LogP contribution in [0, 0.1) is 5.92 Å². The van der Waals surface area contributed by atoms with E-state index >= 15 is 0 Å². The van der Waals surface area contributed by atoms with Gasteiger partial charge in [0, 0.05) is 18.7 Å². The summed E-state index contributed by atoms with van der Waals surface area (Å²) in [6.07, 6.45) is 6.88. The van der Waals surface area contributed by atoms with Crippen LogP contribution in [0.4, 0.5) is 0 Å². The van der Waals surface area contributed by atoms with E-state index in [1.165, 1.54) is 30.7 Å². The number of nitrogens with zero attached hydrogens (tertiary/aromatic N) is 1. The Morgan fingerprint density at radius 1 is 1.57 bits per heavy atom. The lowest BCUT2D eigenvalue weighted by molar-refractivity contribution is 0.242. The predicted octanol–water partition coefficient (Wildman–Crippen LogP) is 1.57. The molecular formula is C11H17N3. The van der Waals surface area contributed by atoms with Crippen LogP contribution in [0.3, 0.4) is 0 Å². The average molecular weight is 191 g/mol. The van der Waals surface area contributed by atoms with Crippen molar-refractivity contribution in [3.63, 3.8) is 0 Å². The van der Waals surface area contributed by atoms with Crippen LogP contribution in [0.1, 0.15) is 37.6 Å². The number of aromatic nitrogens is 2. The Hall–Kier alpha value is -0.830. The minimum Gasteiger partial charge on any atom is -0.348 e. The van der Waals surface area contributed by atoms with E-state index in [1.807, 2.05) is 6.33 Å². The first-order valence-corrected chi connectivity index (χ1v) is 5.61. The van der Waals surface area contributed by atoms with E-state index in [9.17, 15) is 0 Å². The fourth-order valence-corrected chi connectivity index (χ4v) is 3.18. The molecule has 2 atom stereocenters. The van der Waals surface area contributed by atoms with Gasteiger partial charge in [0.15, 0.2) is 0 Å². The van der Waals surface area contributed by atoms with Gasteiger partial charge in [0.05, 0.1) is 17.6 Å². The summed E-state index contributed by atoms with van der Waals surface area (Å²) in [6.45, 7) is 3.45. The molecule has 0 radical (unpaired) electrons. The molecule has 1 spiro atoms. The molecule has 2 N–H and O–H groups in total. The lowest BCUT2D eigenvalue weighted by Gasteiger charge is -2.37. The zero-order chi connectivity index (χ0) is 9.60. The van der Waals surface area contributed by atoms with Crippen molar-refractivity contribution in [1.29, 1.82) is 0 Å². The number of imidazole rings is 1. The molecule has 1 aliphatic heterocycles. The van der Waals surface area contributed by atoms with Crippen molar-refractivity contribution in [1.82, 2.24) is 15.3 Å². The smallest absolute Gasteiger partial charge is 0.0926 e. The van der Waals surface area contributed by atoms with E-state index in [4.69, 9.17) is 0 Å². The van der Waals surface area contributed by atoms with Gasteiger partial charge in [-0.05, 0) is 18.8 Å². The summed E-state index contributed by atoms with van der Waals surface area (Å²) >= 11 is 0. The van der Waals surface area contributed by atoms with Gasteiger partial charge in [0.2, 0.25) is 0 Å². The first-order chi connectivity index (χ1) is 6.83. The third-order valence-electron chi connectivity index (χ3n) is 4.01. The second-order valence-electron chi connectivity index (χ2n) is 4.67. The number of rotatable bonds is 0. The first-order valence-electron chi connectivity index (χ1n) is 5.61. The van der Waals surface area contributed by atoms with Gasteiger partial charge in [0.25, 0.3) is 0 Å². The van der Waals surface area contributed by atoms with E-state index in [-0.39, 0.29) is 5.54 Å². The van der Waals surface area contributed by atoms with Gasteiger partial charge in [-0.1, -0.05) is 13.3 Å². The van der Waals surface area contributed by atoms with Crippen molar-refractivity contribution in [2.24, 2.45) is 5.92 Å². The van der Waals surface area contributed by atoms with Crippen molar-refractivity contribution < 1.29 is 0 Å². The van der Waals surface area contributed by atoms with Crippen molar-refractivity contribution in [3.05, 3.63) is 17.7 Å². The molecule has 1 aromatic rings. The second kappa shape index (κ2) is 2.83. The molecule has 0 amide bonds. The van der Waals surface area contributed by atoms with Crippen molar-refractivity contribution in [2.75, 3.05) is 6.54 Å². The number of H-pyrrole nitrogens is 1. The highest BCUT2D eigenvalue weighted by Gasteiger charge is 2.45. The molecular weight excluding hydrogens is 174 g/mol. The Bertz CT molecular complexity index is 344. The van der Waals surface area contributed by atoms with Crippen LogP contribution in [0.2, 0.25) is 0 Å². The maximum Gasteiger partial charge on any atom is 0.0926 e. The second-order valence-corrected chi connectivity index (χ2v) is 4.67. The lowest BCUT2D eigenvalue weighted by Crippen LogP contribution is -2.49. The third kappa shape index (κ3) is 0.934. The summed E-state index contributed by atoms with van der Waals surface area (Å²) in [5, 5.41) is 3.70. The summed E-state index contributed by atoms with van der Waals surface area (Å²) in [6, 6.07) is 0. The molecule has 0 unspecified atom stereocenters. The Labute approximate surface area is 84.3 Å². The number of hydrogen-bond acceptors (Lipinski definition) is 2. The summed E-state index contributed by atoms with van der Waals surface area (Å²) in [5.41, 5.74) is 2.86. The first kappa shape index (κ1) is 8.48. The SMILES string of the molecule is C[C@H]1CCC[C@@]12NCCc1[nH]cnc12. The molecule has 3 heteroatoms. The fraction of sp³-hybridized carbons (Fsp3) is 0.727. The average Bonchev–Trinajstić information content (AvgIpc) is 2.76. The number of hydrogen-bond donors (Lipinski definition) is 2. The largest absolute Gasteiger partial charge is 0.348 e. The van der Waals surface area contributed by atoms with Gasteiger partial charge in [-0.3, -0.25) is 0 Å². The topological polar surface area (TPSA) is 40.7 Å². The highest BCUT2D eigenvalue weighted by molar-refractivity contribution is 5.27. The number of aromatic amines is 1. The molecule has 3 nitrogen and oxygen atoms in total. The van der Waals surface area contributed by atoms with E-state index in [0.29, 0.717) is 0 Å². The van der Waals surface area contributed by atoms with Gasteiger partial charge < -0.3 is 10.3 Å². The van der Waals surface area contributed by atoms with Crippen LogP contribution >= 0.6 is 0 Å². The number of fused-ring (bicyclic) bond motifs is 2. The van der Waals surface area contributed by atoms with Crippen LogP contribution in [-0.4, -0.2) is 16.5 Å². The van der Waals surface area contributed by atoms with E-state index in [1.54, 1.807) is 0 Å². The molecule has 2 aliphatic rings. The van der Waals surface area contributed by atoms with Gasteiger partial charge >= 0.3 is 0 Å². The Morgan fingerprint density at radius 2 is 2.50 bits per heavy atom. The molecule has 14 heavy (non-hydrogen) atoms. The molecule has 2 heterocycles. The summed E-state index contributed by atoms with van der Waals surface area (Å²) in [5.74, 6) is 0.727.